The van der Waals surface area contributed by atoms with Crippen LogP contribution in [0.3, 0.4) is 0 Å². The van der Waals surface area contributed by atoms with E-state index in [0.717, 1.165) is 5.56 Å². The highest BCUT2D eigenvalue weighted by molar-refractivity contribution is 8.13. The number of hydrogen-bond acceptors (Lipinski definition) is 5. The maximum absolute atomic E-state index is 12.2. The van der Waals surface area contributed by atoms with Crippen molar-refractivity contribution in [3.63, 3.8) is 0 Å². The summed E-state index contributed by atoms with van der Waals surface area (Å²) < 4.78 is 27.9. The molecule has 0 radical (unpaired) electrons. The van der Waals surface area contributed by atoms with Gasteiger partial charge < -0.3 is 9.64 Å². The fraction of sp³-hybridized carbons (Fsp3) is 0.467. The molecule has 0 N–H and O–H groups in total. The molecule has 1 atom stereocenters. The minimum Gasteiger partial charge on any atom is -0.445 e. The van der Waals surface area contributed by atoms with Gasteiger partial charge in [0.25, 0.3) is 0 Å². The minimum absolute atomic E-state index is 0.00305. The predicted octanol–water partition coefficient (Wildman–Crippen LogP) is 2.50. The second kappa shape index (κ2) is 7.20. The largest absolute Gasteiger partial charge is 0.445 e. The van der Waals surface area contributed by atoms with Crippen LogP contribution >= 0.6 is 10.7 Å². The van der Waals surface area contributed by atoms with Crippen molar-refractivity contribution in [2.24, 2.45) is 5.41 Å². The predicted molar refractivity (Wildman–Crippen MR) is 85.1 cm³/mol. The van der Waals surface area contributed by atoms with E-state index in [1.165, 1.54) is 4.90 Å². The van der Waals surface area contributed by atoms with E-state index in [4.69, 9.17) is 15.4 Å². The van der Waals surface area contributed by atoms with Crippen molar-refractivity contribution in [3.8, 4) is 6.07 Å². The van der Waals surface area contributed by atoms with E-state index in [-0.39, 0.29) is 13.2 Å². The van der Waals surface area contributed by atoms with Gasteiger partial charge in [-0.3, -0.25) is 0 Å². The Labute approximate surface area is 140 Å². The van der Waals surface area contributed by atoms with E-state index >= 15 is 0 Å². The lowest BCUT2D eigenvalue weighted by molar-refractivity contribution is 0.0714. The van der Waals surface area contributed by atoms with Crippen LogP contribution in [0.1, 0.15) is 18.4 Å². The van der Waals surface area contributed by atoms with Gasteiger partial charge in [0.05, 0.1) is 17.2 Å². The summed E-state index contributed by atoms with van der Waals surface area (Å²) in [5.41, 5.74) is -0.322. The molecule has 23 heavy (non-hydrogen) atoms. The zero-order valence-corrected chi connectivity index (χ0v) is 14.0. The van der Waals surface area contributed by atoms with Gasteiger partial charge in [-0.15, -0.1) is 0 Å². The number of benzene rings is 1. The molecule has 1 amide bonds. The third kappa shape index (κ3) is 5.12. The molecule has 0 aromatic heterocycles. The second-order valence-electron chi connectivity index (χ2n) is 5.64. The van der Waals surface area contributed by atoms with Crippen molar-refractivity contribution >= 4 is 25.8 Å². The van der Waals surface area contributed by atoms with Gasteiger partial charge in [0.15, 0.2) is 0 Å². The zero-order valence-electron chi connectivity index (χ0n) is 12.4. The molecule has 6 nitrogen and oxygen atoms in total. The number of rotatable bonds is 4. The molecule has 0 spiro atoms. The molecular weight excluding hydrogens is 340 g/mol. The van der Waals surface area contributed by atoms with E-state index < -0.39 is 26.3 Å². The van der Waals surface area contributed by atoms with Crippen LogP contribution in [-0.2, 0) is 20.4 Å². The van der Waals surface area contributed by atoms with Crippen LogP contribution in [0.15, 0.2) is 30.3 Å². The molecule has 0 aliphatic carbocycles. The zero-order chi connectivity index (χ0) is 16.9. The first-order chi connectivity index (χ1) is 10.8. The first kappa shape index (κ1) is 17.6. The Balaban J connectivity index is 1.99. The first-order valence-electron chi connectivity index (χ1n) is 7.13. The summed E-state index contributed by atoms with van der Waals surface area (Å²) in [6.07, 6.45) is 0.360. The monoisotopic (exact) mass is 356 g/mol. The van der Waals surface area contributed by atoms with Crippen molar-refractivity contribution < 1.29 is 17.9 Å². The van der Waals surface area contributed by atoms with Crippen LogP contribution in [0.25, 0.3) is 0 Å². The summed E-state index contributed by atoms with van der Waals surface area (Å²) in [7, 11) is 1.46. The standard InChI is InChI=1S/C15H17ClN2O4S/c16-23(20,21)12-15(10-17)7-4-8-18(11-15)14(19)22-9-13-5-2-1-3-6-13/h1-3,5-6H,4,7-9,11-12H2. The molecule has 2 rings (SSSR count). The molecule has 1 saturated heterocycles. The highest BCUT2D eigenvalue weighted by atomic mass is 35.7. The Kier molecular flexibility index (Phi) is 5.50. The van der Waals surface area contributed by atoms with Crippen molar-refractivity contribution in [2.45, 2.75) is 19.4 Å². The molecule has 1 heterocycles. The summed E-state index contributed by atoms with van der Waals surface area (Å²) in [4.78, 5) is 13.5. The summed E-state index contributed by atoms with van der Waals surface area (Å²) in [5.74, 6) is -0.472. The molecular formula is C15H17ClN2O4S. The number of nitrogens with zero attached hydrogens (tertiary/aromatic N) is 2. The highest BCUT2D eigenvalue weighted by Gasteiger charge is 2.41. The van der Waals surface area contributed by atoms with Crippen LogP contribution in [0, 0.1) is 16.7 Å². The van der Waals surface area contributed by atoms with Gasteiger partial charge in [0, 0.05) is 23.8 Å². The van der Waals surface area contributed by atoms with E-state index in [9.17, 15) is 18.5 Å². The Morgan fingerprint density at radius 1 is 1.39 bits per heavy atom. The number of carbonyl (C=O) groups is 1. The number of halogens is 1. The number of ether oxygens (including phenoxy) is 1. The number of piperidine rings is 1. The normalized spacial score (nSPS) is 21.5. The third-order valence-corrected chi connectivity index (χ3v) is 4.95. The van der Waals surface area contributed by atoms with Gasteiger partial charge in [-0.05, 0) is 18.4 Å². The fourth-order valence-corrected chi connectivity index (χ4v) is 4.26. The first-order valence-corrected chi connectivity index (χ1v) is 9.61. The summed E-state index contributed by atoms with van der Waals surface area (Å²) in [6, 6.07) is 11.2. The lowest BCUT2D eigenvalue weighted by Gasteiger charge is -2.36. The maximum Gasteiger partial charge on any atom is 0.410 e. The van der Waals surface area contributed by atoms with Crippen molar-refractivity contribution in [3.05, 3.63) is 35.9 Å². The SMILES string of the molecule is N#CC1(CS(=O)(=O)Cl)CCCN(C(=O)OCc2ccccc2)C1. The van der Waals surface area contributed by atoms with Crippen LogP contribution in [-0.4, -0.2) is 38.3 Å². The van der Waals surface area contributed by atoms with Gasteiger partial charge in [-0.1, -0.05) is 30.3 Å². The van der Waals surface area contributed by atoms with Crippen molar-refractivity contribution in [2.75, 3.05) is 18.8 Å². The summed E-state index contributed by atoms with van der Waals surface area (Å²) >= 11 is 0. The summed E-state index contributed by atoms with van der Waals surface area (Å²) in [5, 5.41) is 9.36. The fourth-order valence-electron chi connectivity index (χ4n) is 2.67. The lowest BCUT2D eigenvalue weighted by atomic mass is 9.83. The Morgan fingerprint density at radius 2 is 2.09 bits per heavy atom. The Morgan fingerprint density at radius 3 is 2.70 bits per heavy atom. The van der Waals surface area contributed by atoms with E-state index in [1.54, 1.807) is 0 Å². The number of nitriles is 1. The maximum atomic E-state index is 12.2. The van der Waals surface area contributed by atoms with Crippen molar-refractivity contribution in [1.82, 2.24) is 4.90 Å². The number of amides is 1. The molecule has 124 valence electrons. The molecule has 1 aliphatic rings. The molecule has 1 aromatic rings. The van der Waals surface area contributed by atoms with Gasteiger partial charge in [0.2, 0.25) is 9.05 Å². The van der Waals surface area contributed by atoms with Gasteiger partial charge in [-0.25, -0.2) is 13.2 Å². The topological polar surface area (TPSA) is 87.5 Å². The molecule has 0 saturated carbocycles. The molecule has 0 bridgehead atoms. The highest BCUT2D eigenvalue weighted by Crippen LogP contribution is 2.32. The van der Waals surface area contributed by atoms with E-state index in [2.05, 4.69) is 0 Å². The number of carbonyl (C=O) groups excluding carboxylic acids is 1. The van der Waals surface area contributed by atoms with Crippen molar-refractivity contribution in [1.29, 1.82) is 5.26 Å². The van der Waals surface area contributed by atoms with E-state index in [0.29, 0.717) is 19.4 Å². The van der Waals surface area contributed by atoms with Crippen LogP contribution < -0.4 is 0 Å². The quantitative estimate of drug-likeness (QED) is 0.773. The molecule has 1 fully saturated rings. The van der Waals surface area contributed by atoms with Gasteiger partial charge >= 0.3 is 6.09 Å². The van der Waals surface area contributed by atoms with Gasteiger partial charge in [-0.2, -0.15) is 5.26 Å². The van der Waals surface area contributed by atoms with Crippen LogP contribution in [0.5, 0.6) is 0 Å². The molecule has 1 aliphatic heterocycles. The summed E-state index contributed by atoms with van der Waals surface area (Å²) in [6.45, 7) is 0.561. The third-order valence-electron chi connectivity index (χ3n) is 3.73. The smallest absolute Gasteiger partial charge is 0.410 e. The average molecular weight is 357 g/mol. The second-order valence-corrected chi connectivity index (χ2v) is 8.42. The van der Waals surface area contributed by atoms with Gasteiger partial charge in [0.1, 0.15) is 6.61 Å². The number of likely N-dealkylation sites (tertiary alicyclic amines) is 1. The minimum atomic E-state index is -3.83. The van der Waals surface area contributed by atoms with Crippen LogP contribution in [0.2, 0.25) is 0 Å². The molecule has 8 heteroatoms. The Bertz CT molecular complexity index is 702. The average Bonchev–Trinajstić information content (AvgIpc) is 2.52. The Hall–Kier alpha value is -1.78. The lowest BCUT2D eigenvalue weighted by Crippen LogP contribution is -2.48. The molecule has 1 aromatic carbocycles. The number of hydrogen-bond donors (Lipinski definition) is 0. The van der Waals surface area contributed by atoms with E-state index in [1.807, 2.05) is 36.4 Å². The van der Waals surface area contributed by atoms with Crippen LogP contribution in [0.4, 0.5) is 4.79 Å². The molecule has 1 unspecified atom stereocenters.